The highest BCUT2D eigenvalue weighted by Gasteiger charge is 2.50. The highest BCUT2D eigenvalue weighted by molar-refractivity contribution is 5.81. The van der Waals surface area contributed by atoms with Gasteiger partial charge in [-0.1, -0.05) is 30.3 Å². The number of halogens is 2. The Morgan fingerprint density at radius 2 is 1.74 bits per heavy atom. The summed E-state index contributed by atoms with van der Waals surface area (Å²) in [4.78, 5) is 19.1. The van der Waals surface area contributed by atoms with E-state index in [1.807, 2.05) is 66.9 Å². The molecule has 2 aliphatic rings. The fourth-order valence-electron chi connectivity index (χ4n) is 4.77. The molecule has 176 valence electrons. The van der Waals surface area contributed by atoms with E-state index < -0.39 is 11.8 Å². The summed E-state index contributed by atoms with van der Waals surface area (Å²) in [5.41, 5.74) is 6.88. The molecule has 4 aromatic rings. The Morgan fingerprint density at radius 3 is 2.49 bits per heavy atom. The van der Waals surface area contributed by atoms with Gasteiger partial charge in [-0.2, -0.15) is 5.10 Å². The minimum Gasteiger partial charge on any atom is -0.340 e. The predicted octanol–water partition coefficient (Wildman–Crippen LogP) is 5.77. The number of amides is 1. The number of aromatic nitrogens is 3. The second-order valence-electron chi connectivity index (χ2n) is 9.24. The van der Waals surface area contributed by atoms with Crippen LogP contribution in [-0.2, 0) is 17.9 Å². The monoisotopic (exact) mass is 471 g/mol. The molecule has 1 amide bonds. The van der Waals surface area contributed by atoms with Crippen molar-refractivity contribution in [1.82, 2.24) is 20.1 Å². The number of carbonyl (C=O) groups excluding carboxylic acids is 1. The van der Waals surface area contributed by atoms with E-state index in [1.165, 1.54) is 0 Å². The molecule has 2 aromatic heterocycles. The molecule has 0 saturated heterocycles. The lowest BCUT2D eigenvalue weighted by Gasteiger charge is -2.36. The average Bonchev–Trinajstić information content (AvgIpc) is 3.52. The first-order chi connectivity index (χ1) is 16.9. The van der Waals surface area contributed by atoms with Crippen molar-refractivity contribution in [3.05, 3.63) is 84.2 Å². The molecule has 2 N–H and O–H groups in total. The average molecular weight is 472 g/mol. The van der Waals surface area contributed by atoms with Crippen LogP contribution in [0.5, 0.6) is 0 Å². The molecule has 8 heteroatoms. The number of rotatable bonds is 5. The zero-order valence-electron chi connectivity index (χ0n) is 18.8. The summed E-state index contributed by atoms with van der Waals surface area (Å²) in [6.45, 7) is 0.922. The Balaban J connectivity index is 1.15. The summed E-state index contributed by atoms with van der Waals surface area (Å²) < 4.78 is 26.4. The van der Waals surface area contributed by atoms with Gasteiger partial charge >= 0.3 is 0 Å². The van der Waals surface area contributed by atoms with E-state index in [-0.39, 0.29) is 18.7 Å². The van der Waals surface area contributed by atoms with Crippen LogP contribution in [-0.4, -0.2) is 31.9 Å². The summed E-state index contributed by atoms with van der Waals surface area (Å²) in [5.74, 6) is -2.69. The third-order valence-electron chi connectivity index (χ3n) is 6.71. The van der Waals surface area contributed by atoms with E-state index in [4.69, 9.17) is 4.98 Å². The van der Waals surface area contributed by atoms with Gasteiger partial charge in [-0.25, -0.2) is 13.8 Å². The van der Waals surface area contributed by atoms with Gasteiger partial charge in [0.2, 0.25) is 11.8 Å². The number of alkyl halides is 2. The number of nitrogens with one attached hydrogen (secondary N) is 2. The van der Waals surface area contributed by atoms with Crippen LogP contribution in [0.25, 0.3) is 22.4 Å². The lowest BCUT2D eigenvalue weighted by Crippen LogP contribution is -2.45. The topological polar surface area (TPSA) is 73.9 Å². The van der Waals surface area contributed by atoms with Crippen LogP contribution in [0.3, 0.4) is 0 Å². The Bertz CT molecular complexity index is 1380. The maximum Gasteiger partial charge on any atom is 0.249 e. The van der Waals surface area contributed by atoms with E-state index in [0.29, 0.717) is 13.1 Å². The number of fused-ring (bicyclic) bond motifs is 1. The van der Waals surface area contributed by atoms with Gasteiger partial charge in [0.15, 0.2) is 0 Å². The molecule has 3 heterocycles. The van der Waals surface area contributed by atoms with Crippen molar-refractivity contribution in [2.24, 2.45) is 5.92 Å². The molecular formula is C27H23F2N5O. The summed E-state index contributed by atoms with van der Waals surface area (Å²) in [5, 5.41) is 10.1. The summed E-state index contributed by atoms with van der Waals surface area (Å²) >= 11 is 0. The number of pyridine rings is 1. The first-order valence-corrected chi connectivity index (χ1v) is 11.6. The van der Waals surface area contributed by atoms with Gasteiger partial charge in [-0.05, 0) is 47.0 Å². The van der Waals surface area contributed by atoms with Gasteiger partial charge in [-0.15, -0.1) is 0 Å². The van der Waals surface area contributed by atoms with E-state index in [2.05, 4.69) is 15.5 Å². The van der Waals surface area contributed by atoms with Gasteiger partial charge < -0.3 is 10.2 Å². The molecule has 0 atom stereocenters. The first kappa shape index (κ1) is 21.5. The lowest BCUT2D eigenvalue weighted by atomic mass is 9.80. The van der Waals surface area contributed by atoms with Crippen LogP contribution in [0, 0.1) is 5.92 Å². The van der Waals surface area contributed by atoms with Crippen LogP contribution in [0.4, 0.5) is 20.3 Å². The lowest BCUT2D eigenvalue weighted by molar-refractivity contribution is -0.160. The first-order valence-electron chi connectivity index (χ1n) is 11.6. The third-order valence-corrected chi connectivity index (χ3v) is 6.71. The van der Waals surface area contributed by atoms with Crippen LogP contribution < -0.4 is 5.32 Å². The Hall–Kier alpha value is -4.07. The molecule has 1 saturated carbocycles. The molecule has 1 fully saturated rings. The Morgan fingerprint density at radius 1 is 0.971 bits per heavy atom. The van der Waals surface area contributed by atoms with Gasteiger partial charge in [0, 0.05) is 54.9 Å². The quantitative estimate of drug-likeness (QED) is 0.388. The van der Waals surface area contributed by atoms with Crippen molar-refractivity contribution in [3.8, 4) is 22.4 Å². The van der Waals surface area contributed by atoms with E-state index in [0.717, 1.165) is 45.0 Å². The molecule has 0 spiro atoms. The normalized spacial score (nSPS) is 16.6. The highest BCUT2D eigenvalue weighted by Crippen LogP contribution is 2.44. The van der Waals surface area contributed by atoms with Crippen molar-refractivity contribution in [3.63, 3.8) is 0 Å². The fourth-order valence-corrected chi connectivity index (χ4v) is 4.77. The molecule has 35 heavy (non-hydrogen) atoms. The standard InChI is InChI=1S/C27H23F2N5O/c28-27(29)11-21(12-27)26(35)34-15-19-5-4-18(10-20(19)16-34)24-2-1-3-25(33-24)32-23-8-6-17(7-9-23)22-13-30-31-14-22/h1-10,13-14,21H,11-12,15-16H2,(H,30,31)(H,32,33). The second kappa shape index (κ2) is 8.30. The van der Waals surface area contributed by atoms with Crippen molar-refractivity contribution in [2.75, 3.05) is 5.32 Å². The number of benzene rings is 2. The third kappa shape index (κ3) is 4.27. The number of H-pyrrole nitrogens is 1. The molecular weight excluding hydrogens is 448 g/mol. The molecule has 6 rings (SSSR count). The van der Waals surface area contributed by atoms with Gasteiger partial charge in [0.05, 0.1) is 11.9 Å². The summed E-state index contributed by atoms with van der Waals surface area (Å²) in [6.07, 6.45) is 2.97. The largest absolute Gasteiger partial charge is 0.340 e. The minimum absolute atomic E-state index is 0.170. The molecule has 2 aromatic carbocycles. The highest BCUT2D eigenvalue weighted by atomic mass is 19.3. The number of aromatic amines is 1. The van der Waals surface area contributed by atoms with E-state index in [9.17, 15) is 13.6 Å². The summed E-state index contributed by atoms with van der Waals surface area (Å²) in [7, 11) is 0. The number of anilines is 2. The number of nitrogens with zero attached hydrogens (tertiary/aromatic N) is 3. The predicted molar refractivity (Wildman–Crippen MR) is 129 cm³/mol. The maximum absolute atomic E-state index is 13.2. The zero-order valence-corrected chi connectivity index (χ0v) is 18.8. The van der Waals surface area contributed by atoms with E-state index in [1.54, 1.807) is 11.1 Å². The number of hydrogen-bond donors (Lipinski definition) is 2. The Kier molecular flexibility index (Phi) is 5.09. The number of hydrogen-bond acceptors (Lipinski definition) is 4. The summed E-state index contributed by atoms with van der Waals surface area (Å²) in [6, 6.07) is 19.9. The maximum atomic E-state index is 13.2. The van der Waals surface area contributed by atoms with Crippen LogP contribution in [0.1, 0.15) is 24.0 Å². The van der Waals surface area contributed by atoms with Crippen LogP contribution in [0.15, 0.2) is 73.1 Å². The van der Waals surface area contributed by atoms with Crippen molar-refractivity contribution < 1.29 is 13.6 Å². The second-order valence-corrected chi connectivity index (χ2v) is 9.24. The molecule has 0 radical (unpaired) electrons. The van der Waals surface area contributed by atoms with Gasteiger partial charge in [-0.3, -0.25) is 9.89 Å². The fraction of sp³-hybridized carbons (Fsp3) is 0.222. The molecule has 0 bridgehead atoms. The number of carbonyl (C=O) groups is 1. The van der Waals surface area contributed by atoms with Crippen LogP contribution >= 0.6 is 0 Å². The zero-order chi connectivity index (χ0) is 24.0. The smallest absolute Gasteiger partial charge is 0.249 e. The van der Waals surface area contributed by atoms with E-state index >= 15 is 0 Å². The minimum atomic E-state index is -2.69. The van der Waals surface area contributed by atoms with Gasteiger partial charge in [0.1, 0.15) is 5.82 Å². The molecule has 0 unspecified atom stereocenters. The van der Waals surface area contributed by atoms with Crippen molar-refractivity contribution >= 4 is 17.4 Å². The van der Waals surface area contributed by atoms with Gasteiger partial charge in [0.25, 0.3) is 0 Å². The van der Waals surface area contributed by atoms with Crippen molar-refractivity contribution in [1.29, 1.82) is 0 Å². The van der Waals surface area contributed by atoms with Crippen molar-refractivity contribution in [2.45, 2.75) is 31.9 Å². The molecule has 6 nitrogen and oxygen atoms in total. The SMILES string of the molecule is O=C(C1CC(F)(F)C1)N1Cc2ccc(-c3cccc(Nc4ccc(-c5cn[nH]c5)cc4)n3)cc2C1. The molecule has 1 aliphatic carbocycles. The Labute approximate surface area is 201 Å². The van der Waals surface area contributed by atoms with Crippen LogP contribution in [0.2, 0.25) is 0 Å². The molecule has 1 aliphatic heterocycles.